The summed E-state index contributed by atoms with van der Waals surface area (Å²) in [5.41, 5.74) is 1.82. The Morgan fingerprint density at radius 2 is 1.29 bits per heavy atom. The fourth-order valence-electron chi connectivity index (χ4n) is 3.59. The first kappa shape index (κ1) is 24.5. The van der Waals surface area contributed by atoms with E-state index in [9.17, 15) is 13.6 Å². The Morgan fingerprint density at radius 1 is 0.771 bits per heavy atom. The molecule has 0 aliphatic heterocycles. The van der Waals surface area contributed by atoms with Gasteiger partial charge in [0.15, 0.2) is 6.04 Å². The minimum atomic E-state index is -1.94. The van der Waals surface area contributed by atoms with Crippen LogP contribution in [-0.2, 0) is 0 Å². The average molecular weight is 510 g/mol. The van der Waals surface area contributed by atoms with Gasteiger partial charge >= 0.3 is 12.5 Å². The van der Waals surface area contributed by atoms with Crippen LogP contribution >= 0.6 is 23.2 Å². The van der Waals surface area contributed by atoms with Crippen LogP contribution in [0.5, 0.6) is 5.75 Å². The van der Waals surface area contributed by atoms with Gasteiger partial charge in [-0.1, -0.05) is 83.9 Å². The van der Waals surface area contributed by atoms with Gasteiger partial charge in [-0.2, -0.15) is 0 Å². The van der Waals surface area contributed by atoms with E-state index >= 15 is 0 Å². The van der Waals surface area contributed by atoms with E-state index < -0.39 is 18.6 Å². The standard InChI is InChI=1S/C28H19Cl2F2NO2/c29-23-14-10-19(11-15-23)26(20-12-16-24(30)17-13-20)33(28(31)32)18-22-8-4-5-9-25(22)35-27(34)21-6-2-1-3-7-21/h1-18,26H. The van der Waals surface area contributed by atoms with Crippen LogP contribution in [0.2, 0.25) is 10.0 Å². The summed E-state index contributed by atoms with van der Waals surface area (Å²) in [5.74, 6) is -0.437. The van der Waals surface area contributed by atoms with E-state index in [0.717, 1.165) is 4.58 Å². The van der Waals surface area contributed by atoms with Crippen molar-refractivity contribution >= 4 is 35.4 Å². The number of carbonyl (C=O) groups is 1. The first-order chi connectivity index (χ1) is 16.9. The molecular formula is C28H19Cl2F2NO2. The Morgan fingerprint density at radius 3 is 1.83 bits per heavy atom. The van der Waals surface area contributed by atoms with Gasteiger partial charge in [0.2, 0.25) is 0 Å². The predicted molar refractivity (Wildman–Crippen MR) is 133 cm³/mol. The Hall–Kier alpha value is -3.67. The molecule has 7 heteroatoms. The van der Waals surface area contributed by atoms with Crippen LogP contribution in [0.3, 0.4) is 0 Å². The Bertz CT molecular complexity index is 1280. The highest BCUT2D eigenvalue weighted by Gasteiger charge is 2.27. The van der Waals surface area contributed by atoms with Gasteiger partial charge in [-0.25, -0.2) is 13.6 Å². The largest absolute Gasteiger partial charge is 0.424 e. The molecule has 0 amide bonds. The minimum Gasteiger partial charge on any atom is -0.424 e. The molecular weight excluding hydrogens is 491 g/mol. The Labute approximate surface area is 211 Å². The van der Waals surface area contributed by atoms with Gasteiger partial charge < -0.3 is 4.74 Å². The summed E-state index contributed by atoms with van der Waals surface area (Å²) in [4.78, 5) is 12.6. The second-order valence-electron chi connectivity index (χ2n) is 7.58. The van der Waals surface area contributed by atoms with Crippen molar-refractivity contribution in [3.05, 3.63) is 142 Å². The first-order valence-electron chi connectivity index (χ1n) is 10.6. The number of nitrogens with zero attached hydrogens (tertiary/aromatic N) is 1. The third-order valence-electron chi connectivity index (χ3n) is 5.25. The van der Waals surface area contributed by atoms with Crippen LogP contribution in [0.15, 0.2) is 103 Å². The average Bonchev–Trinajstić information content (AvgIpc) is 2.87. The molecule has 0 saturated carbocycles. The van der Waals surface area contributed by atoms with Crippen molar-refractivity contribution in [2.45, 2.75) is 6.04 Å². The van der Waals surface area contributed by atoms with E-state index in [1.807, 2.05) is 0 Å². The highest BCUT2D eigenvalue weighted by molar-refractivity contribution is 6.30. The molecule has 0 atom stereocenters. The van der Waals surface area contributed by atoms with Gasteiger partial charge in [-0.05, 0) is 48.0 Å². The number of carbonyl (C=O) groups excluding carboxylic acids is 1. The molecule has 0 fully saturated rings. The highest BCUT2D eigenvalue weighted by atomic mass is 35.5. The molecule has 0 unspecified atom stereocenters. The van der Waals surface area contributed by atoms with Crippen molar-refractivity contribution in [1.82, 2.24) is 0 Å². The van der Waals surface area contributed by atoms with E-state index in [4.69, 9.17) is 27.9 Å². The van der Waals surface area contributed by atoms with Gasteiger partial charge in [0.25, 0.3) is 0 Å². The van der Waals surface area contributed by atoms with Crippen LogP contribution in [0.25, 0.3) is 0 Å². The quantitative estimate of drug-likeness (QED) is 0.0634. The number of rotatable bonds is 7. The summed E-state index contributed by atoms with van der Waals surface area (Å²) in [6, 6.07) is 27.4. The molecule has 0 spiro atoms. The van der Waals surface area contributed by atoms with E-state index in [-0.39, 0.29) is 5.75 Å². The number of ether oxygens (including phenoxy) is 1. The number of halogens is 4. The third kappa shape index (κ3) is 6.07. The lowest BCUT2D eigenvalue weighted by atomic mass is 9.98. The summed E-state index contributed by atoms with van der Waals surface area (Å²) in [6.07, 6.45) is 1.26. The molecule has 0 heterocycles. The van der Waals surface area contributed by atoms with Gasteiger partial charge in [0.05, 0.1) is 5.56 Å². The molecule has 0 bridgehead atoms. The van der Waals surface area contributed by atoms with Crippen molar-refractivity contribution in [1.29, 1.82) is 0 Å². The molecule has 35 heavy (non-hydrogen) atoms. The number of hydrogen-bond acceptors (Lipinski definition) is 2. The SMILES string of the molecule is O=C(Oc1ccccc1/C=[N+](\[C-](F)F)C(c1ccc(Cl)cc1)c1ccc(Cl)cc1)c1ccccc1. The normalized spacial score (nSPS) is 11.4. The Balaban J connectivity index is 1.79. The molecule has 4 aromatic carbocycles. The molecule has 0 saturated heterocycles. The van der Waals surface area contributed by atoms with Gasteiger partial charge in [0, 0.05) is 27.4 Å². The molecule has 176 valence electrons. The molecule has 4 aromatic rings. The monoisotopic (exact) mass is 509 g/mol. The zero-order chi connectivity index (χ0) is 24.8. The molecule has 0 aliphatic rings. The van der Waals surface area contributed by atoms with Crippen molar-refractivity contribution < 1.29 is 22.9 Å². The molecule has 4 rings (SSSR count). The van der Waals surface area contributed by atoms with Crippen LogP contribution in [0, 0.1) is 6.55 Å². The molecule has 0 N–H and O–H groups in total. The first-order valence-corrected chi connectivity index (χ1v) is 11.4. The van der Waals surface area contributed by atoms with Crippen LogP contribution in [-0.4, -0.2) is 16.8 Å². The lowest BCUT2D eigenvalue weighted by Gasteiger charge is -2.22. The minimum absolute atomic E-state index is 0.151. The Kier molecular flexibility index (Phi) is 7.80. The number of para-hydroxylation sites is 1. The highest BCUT2D eigenvalue weighted by Crippen LogP contribution is 2.32. The molecule has 3 nitrogen and oxygen atoms in total. The maximum Gasteiger partial charge on any atom is 0.369 e. The molecule has 0 aliphatic carbocycles. The van der Waals surface area contributed by atoms with Gasteiger partial charge in [-0.15, -0.1) is 0 Å². The lowest BCUT2D eigenvalue weighted by molar-refractivity contribution is -0.588. The molecule has 0 radical (unpaired) electrons. The summed E-state index contributed by atoms with van der Waals surface area (Å²) in [6.45, 7) is -1.94. The fourth-order valence-corrected chi connectivity index (χ4v) is 3.84. The number of hydrogen-bond donors (Lipinski definition) is 0. The summed E-state index contributed by atoms with van der Waals surface area (Å²) >= 11 is 12.1. The van der Waals surface area contributed by atoms with E-state index in [2.05, 4.69) is 0 Å². The van der Waals surface area contributed by atoms with Crippen LogP contribution in [0.4, 0.5) is 8.78 Å². The smallest absolute Gasteiger partial charge is 0.369 e. The van der Waals surface area contributed by atoms with Crippen LogP contribution in [0.1, 0.15) is 33.1 Å². The maximum atomic E-state index is 14.5. The van der Waals surface area contributed by atoms with Crippen molar-refractivity contribution in [3.8, 4) is 5.75 Å². The van der Waals surface area contributed by atoms with Crippen LogP contribution < -0.4 is 4.74 Å². The maximum absolute atomic E-state index is 14.5. The second kappa shape index (κ2) is 11.2. The summed E-state index contributed by atoms with van der Waals surface area (Å²) < 4.78 is 35.3. The zero-order valence-electron chi connectivity index (χ0n) is 18.2. The zero-order valence-corrected chi connectivity index (χ0v) is 19.8. The summed E-state index contributed by atoms with van der Waals surface area (Å²) in [5, 5.41) is 0.976. The third-order valence-corrected chi connectivity index (χ3v) is 5.76. The number of esters is 1. The topological polar surface area (TPSA) is 29.3 Å². The van der Waals surface area contributed by atoms with Gasteiger partial charge in [-0.3, -0.25) is 4.58 Å². The van der Waals surface area contributed by atoms with E-state index in [1.54, 1.807) is 103 Å². The van der Waals surface area contributed by atoms with Crippen molar-refractivity contribution in [2.75, 3.05) is 0 Å². The van der Waals surface area contributed by atoms with E-state index in [1.165, 1.54) is 6.21 Å². The molecule has 0 aromatic heterocycles. The lowest BCUT2D eigenvalue weighted by Crippen LogP contribution is -2.22. The predicted octanol–water partition coefficient (Wildman–Crippen LogP) is 7.82. The fraction of sp³-hybridized carbons (Fsp3) is 0.0357. The summed E-state index contributed by atoms with van der Waals surface area (Å²) in [7, 11) is 0. The second-order valence-corrected chi connectivity index (χ2v) is 8.45. The van der Waals surface area contributed by atoms with Crippen molar-refractivity contribution in [2.24, 2.45) is 0 Å². The van der Waals surface area contributed by atoms with E-state index in [0.29, 0.717) is 32.3 Å². The van der Waals surface area contributed by atoms with Gasteiger partial charge in [0.1, 0.15) is 5.75 Å². The van der Waals surface area contributed by atoms with Crippen molar-refractivity contribution in [3.63, 3.8) is 0 Å². The number of benzene rings is 4.